The number of rotatable bonds is 5. The predicted octanol–water partition coefficient (Wildman–Crippen LogP) is 5.73. The quantitative estimate of drug-likeness (QED) is 0.407. The second-order valence-corrected chi connectivity index (χ2v) is 8.16. The zero-order valence-electron chi connectivity index (χ0n) is 18.5. The summed E-state index contributed by atoms with van der Waals surface area (Å²) in [6, 6.07) is 17.3. The highest BCUT2D eigenvalue weighted by Crippen LogP contribution is 2.34. The SMILES string of the molecule is C=C(Cc1ccc(C(=O)O)cc1)c1ncc2c(n1)-c1cccc(F)c1C(c1ccccc1F)=NC2. The molecule has 0 bridgehead atoms. The van der Waals surface area contributed by atoms with Gasteiger partial charge in [0.15, 0.2) is 5.82 Å². The molecule has 0 saturated carbocycles. The first kappa shape index (κ1) is 22.3. The predicted molar refractivity (Wildman–Crippen MR) is 129 cm³/mol. The van der Waals surface area contributed by atoms with E-state index in [9.17, 15) is 9.18 Å². The molecule has 4 aromatic rings. The van der Waals surface area contributed by atoms with Crippen LogP contribution in [0, 0.1) is 11.6 Å². The number of halogens is 2. The van der Waals surface area contributed by atoms with Gasteiger partial charge in [-0.05, 0) is 41.5 Å². The normalized spacial score (nSPS) is 12.2. The number of nitrogens with zero attached hydrogens (tertiary/aromatic N) is 3. The molecule has 1 aromatic heterocycles. The second kappa shape index (κ2) is 9.02. The summed E-state index contributed by atoms with van der Waals surface area (Å²) in [5.74, 6) is -1.61. The molecule has 172 valence electrons. The summed E-state index contributed by atoms with van der Waals surface area (Å²) in [6.45, 7) is 4.27. The molecule has 7 heteroatoms. The maximum absolute atomic E-state index is 15.1. The zero-order valence-corrected chi connectivity index (χ0v) is 18.5. The summed E-state index contributed by atoms with van der Waals surface area (Å²) >= 11 is 0. The number of carboxylic acid groups (broad SMARTS) is 1. The van der Waals surface area contributed by atoms with Crippen molar-refractivity contribution in [3.8, 4) is 11.3 Å². The lowest BCUT2D eigenvalue weighted by Gasteiger charge is -2.13. The van der Waals surface area contributed by atoms with E-state index < -0.39 is 17.6 Å². The highest BCUT2D eigenvalue weighted by Gasteiger charge is 2.25. The van der Waals surface area contributed by atoms with Gasteiger partial charge in [0.25, 0.3) is 0 Å². The average molecular weight is 467 g/mol. The van der Waals surface area contributed by atoms with Gasteiger partial charge < -0.3 is 5.11 Å². The molecular weight excluding hydrogens is 448 g/mol. The Labute approximate surface area is 200 Å². The smallest absolute Gasteiger partial charge is 0.335 e. The number of aromatic carboxylic acids is 1. The van der Waals surface area contributed by atoms with Crippen LogP contribution in [0.25, 0.3) is 16.8 Å². The minimum atomic E-state index is -0.993. The lowest BCUT2D eigenvalue weighted by molar-refractivity contribution is 0.0697. The minimum Gasteiger partial charge on any atom is -0.478 e. The Balaban J connectivity index is 1.54. The average Bonchev–Trinajstić information content (AvgIpc) is 3.02. The Bertz CT molecular complexity index is 1510. The van der Waals surface area contributed by atoms with Crippen molar-refractivity contribution in [3.63, 3.8) is 0 Å². The van der Waals surface area contributed by atoms with Crippen molar-refractivity contribution in [3.05, 3.63) is 125 Å². The Kier molecular flexibility index (Phi) is 5.74. The van der Waals surface area contributed by atoms with Crippen LogP contribution in [-0.4, -0.2) is 26.8 Å². The Morgan fingerprint density at radius 1 is 0.943 bits per heavy atom. The lowest BCUT2D eigenvalue weighted by Crippen LogP contribution is -2.10. The fraction of sp³-hybridized carbons (Fsp3) is 0.0714. The number of benzene rings is 3. The van der Waals surface area contributed by atoms with Gasteiger partial charge >= 0.3 is 5.97 Å². The zero-order chi connectivity index (χ0) is 24.5. The van der Waals surface area contributed by atoms with Crippen LogP contribution >= 0.6 is 0 Å². The molecule has 0 fully saturated rings. The van der Waals surface area contributed by atoms with Gasteiger partial charge in [-0.3, -0.25) is 4.99 Å². The Morgan fingerprint density at radius 3 is 2.40 bits per heavy atom. The van der Waals surface area contributed by atoms with E-state index in [4.69, 9.17) is 10.1 Å². The van der Waals surface area contributed by atoms with E-state index in [1.54, 1.807) is 48.7 Å². The van der Waals surface area contributed by atoms with Gasteiger partial charge in [-0.1, -0.05) is 43.0 Å². The van der Waals surface area contributed by atoms with Gasteiger partial charge in [0, 0.05) is 34.9 Å². The van der Waals surface area contributed by atoms with Crippen molar-refractivity contribution in [1.82, 2.24) is 9.97 Å². The number of hydrogen-bond acceptors (Lipinski definition) is 4. The monoisotopic (exact) mass is 467 g/mol. The fourth-order valence-electron chi connectivity index (χ4n) is 4.10. The number of carbonyl (C=O) groups is 1. The molecule has 5 nitrogen and oxygen atoms in total. The van der Waals surface area contributed by atoms with Crippen LogP contribution in [0.1, 0.15) is 38.4 Å². The van der Waals surface area contributed by atoms with Crippen LogP contribution in [0.3, 0.4) is 0 Å². The van der Waals surface area contributed by atoms with Crippen LogP contribution in [0.5, 0.6) is 0 Å². The summed E-state index contributed by atoms with van der Waals surface area (Å²) in [5, 5.41) is 9.08. The molecule has 0 unspecified atom stereocenters. The fourth-order valence-corrected chi connectivity index (χ4v) is 4.10. The highest BCUT2D eigenvalue weighted by molar-refractivity contribution is 6.17. The van der Waals surface area contributed by atoms with Crippen molar-refractivity contribution in [2.24, 2.45) is 4.99 Å². The summed E-state index contributed by atoms with van der Waals surface area (Å²) in [5.41, 5.74) is 4.01. The lowest BCUT2D eigenvalue weighted by atomic mass is 9.94. The Hall–Kier alpha value is -4.52. The third-order valence-corrected chi connectivity index (χ3v) is 5.84. The number of hydrogen-bond donors (Lipinski definition) is 1. The van der Waals surface area contributed by atoms with Crippen molar-refractivity contribution < 1.29 is 18.7 Å². The van der Waals surface area contributed by atoms with Gasteiger partial charge in [0.1, 0.15) is 11.6 Å². The Morgan fingerprint density at radius 2 is 1.66 bits per heavy atom. The van der Waals surface area contributed by atoms with Crippen molar-refractivity contribution in [2.75, 3.05) is 0 Å². The number of fused-ring (bicyclic) bond motifs is 3. The van der Waals surface area contributed by atoms with Gasteiger partial charge in [-0.25, -0.2) is 23.5 Å². The number of allylic oxidation sites excluding steroid dienone is 1. The molecule has 0 atom stereocenters. The first-order valence-corrected chi connectivity index (χ1v) is 10.9. The molecular formula is C28H19F2N3O2. The molecule has 0 spiro atoms. The van der Waals surface area contributed by atoms with E-state index >= 15 is 4.39 Å². The van der Waals surface area contributed by atoms with Crippen LogP contribution in [0.15, 0.2) is 84.5 Å². The van der Waals surface area contributed by atoms with E-state index in [1.807, 2.05) is 0 Å². The molecule has 0 amide bonds. The number of aliphatic imine (C=N–C) groups is 1. The summed E-state index contributed by atoms with van der Waals surface area (Å²) in [6.07, 6.45) is 2.05. The third-order valence-electron chi connectivity index (χ3n) is 5.84. The van der Waals surface area contributed by atoms with Crippen LogP contribution in [0.4, 0.5) is 8.78 Å². The molecule has 1 aliphatic heterocycles. The minimum absolute atomic E-state index is 0.163. The second-order valence-electron chi connectivity index (χ2n) is 8.16. The largest absolute Gasteiger partial charge is 0.478 e. The standard InChI is InChI=1S/C28H19F2N3O2/c1-16(13-17-9-11-18(12-10-17)28(34)35)27-32-15-19-14-31-26(20-5-2-3-7-22(20)29)24-21(25(19)33-27)6-4-8-23(24)30/h2-12,15H,1,13-14H2,(H,34,35). The van der Waals surface area contributed by atoms with E-state index in [-0.39, 0.29) is 28.9 Å². The highest BCUT2D eigenvalue weighted by atomic mass is 19.1. The topological polar surface area (TPSA) is 75.4 Å². The molecule has 2 heterocycles. The third kappa shape index (κ3) is 4.24. The van der Waals surface area contributed by atoms with E-state index in [0.29, 0.717) is 34.6 Å². The van der Waals surface area contributed by atoms with Crippen molar-refractivity contribution >= 4 is 17.3 Å². The van der Waals surface area contributed by atoms with E-state index in [1.165, 1.54) is 24.3 Å². The van der Waals surface area contributed by atoms with Crippen LogP contribution in [-0.2, 0) is 13.0 Å². The maximum Gasteiger partial charge on any atom is 0.335 e. The molecule has 3 aromatic carbocycles. The molecule has 0 saturated heterocycles. The molecule has 1 aliphatic rings. The van der Waals surface area contributed by atoms with E-state index in [2.05, 4.69) is 16.6 Å². The molecule has 0 radical (unpaired) electrons. The maximum atomic E-state index is 15.1. The van der Waals surface area contributed by atoms with E-state index in [0.717, 1.165) is 5.56 Å². The van der Waals surface area contributed by atoms with Gasteiger partial charge in [-0.15, -0.1) is 0 Å². The van der Waals surface area contributed by atoms with Crippen molar-refractivity contribution in [1.29, 1.82) is 0 Å². The number of aromatic nitrogens is 2. The summed E-state index contributed by atoms with van der Waals surface area (Å²) < 4.78 is 29.8. The first-order valence-electron chi connectivity index (χ1n) is 10.9. The molecule has 5 rings (SSSR count). The van der Waals surface area contributed by atoms with Crippen LogP contribution < -0.4 is 0 Å². The molecule has 1 N–H and O–H groups in total. The molecule has 0 aliphatic carbocycles. The van der Waals surface area contributed by atoms with Gasteiger partial charge in [0.05, 0.1) is 23.5 Å². The van der Waals surface area contributed by atoms with Gasteiger partial charge in [0.2, 0.25) is 0 Å². The summed E-state index contributed by atoms with van der Waals surface area (Å²) in [4.78, 5) is 24.8. The summed E-state index contributed by atoms with van der Waals surface area (Å²) in [7, 11) is 0. The van der Waals surface area contributed by atoms with Crippen LogP contribution in [0.2, 0.25) is 0 Å². The molecule has 35 heavy (non-hydrogen) atoms. The number of carboxylic acids is 1. The first-order chi connectivity index (χ1) is 16.9. The van der Waals surface area contributed by atoms with Crippen molar-refractivity contribution in [2.45, 2.75) is 13.0 Å². The van der Waals surface area contributed by atoms with Gasteiger partial charge in [-0.2, -0.15) is 0 Å².